The van der Waals surface area contributed by atoms with Gasteiger partial charge in [-0.2, -0.15) is 0 Å². The lowest BCUT2D eigenvalue weighted by Gasteiger charge is -2.19. The van der Waals surface area contributed by atoms with E-state index in [1.807, 2.05) is 6.92 Å². The zero-order valence-corrected chi connectivity index (χ0v) is 11.4. The number of hydrogen-bond donors (Lipinski definition) is 2. The molecule has 1 amide bonds. The molecule has 6 heteroatoms. The van der Waals surface area contributed by atoms with Gasteiger partial charge in [-0.15, -0.1) is 11.3 Å². The Morgan fingerprint density at radius 3 is 2.67 bits per heavy atom. The Morgan fingerprint density at radius 1 is 1.56 bits per heavy atom. The SMILES string of the molecule is CC[C@H](C)[C@H](NC(=O)c1cc(OC)cs1)C(=O)O. The number of rotatable bonds is 6. The fourth-order valence-corrected chi connectivity index (χ4v) is 2.20. The number of carboxylic acid groups (broad SMARTS) is 1. The molecule has 0 unspecified atom stereocenters. The van der Waals surface area contributed by atoms with Gasteiger partial charge in [0.2, 0.25) is 0 Å². The third-order valence-corrected chi connectivity index (χ3v) is 3.71. The summed E-state index contributed by atoms with van der Waals surface area (Å²) >= 11 is 1.23. The Morgan fingerprint density at radius 2 is 2.22 bits per heavy atom. The smallest absolute Gasteiger partial charge is 0.326 e. The number of carboxylic acids is 1. The predicted octanol–water partition coefficient (Wildman–Crippen LogP) is 1.99. The lowest BCUT2D eigenvalue weighted by Crippen LogP contribution is -2.44. The van der Waals surface area contributed by atoms with Crippen LogP contribution in [0.2, 0.25) is 0 Å². The molecule has 0 bridgehead atoms. The van der Waals surface area contributed by atoms with Crippen LogP contribution in [-0.2, 0) is 4.79 Å². The van der Waals surface area contributed by atoms with Crippen molar-refractivity contribution < 1.29 is 19.4 Å². The zero-order valence-electron chi connectivity index (χ0n) is 10.6. The normalized spacial score (nSPS) is 13.7. The molecule has 0 saturated heterocycles. The molecule has 1 aromatic rings. The number of thiophene rings is 1. The molecule has 18 heavy (non-hydrogen) atoms. The molecule has 0 spiro atoms. The molecule has 5 nitrogen and oxygen atoms in total. The second kappa shape index (κ2) is 6.39. The molecule has 0 aliphatic rings. The molecule has 1 rings (SSSR count). The number of amides is 1. The second-order valence-electron chi connectivity index (χ2n) is 4.03. The van der Waals surface area contributed by atoms with Crippen LogP contribution in [0, 0.1) is 5.92 Å². The van der Waals surface area contributed by atoms with E-state index in [1.165, 1.54) is 18.4 Å². The predicted molar refractivity (Wildman–Crippen MR) is 69.2 cm³/mol. The standard InChI is InChI=1S/C12H17NO4S/c1-4-7(2)10(12(15)16)13-11(14)9-5-8(17-3)6-18-9/h5-7,10H,4H2,1-3H3,(H,13,14)(H,15,16)/t7-,10-/m0/s1. The topological polar surface area (TPSA) is 75.6 Å². The number of aliphatic carboxylic acids is 1. The van der Waals surface area contributed by atoms with E-state index in [1.54, 1.807) is 18.4 Å². The first-order valence-corrected chi connectivity index (χ1v) is 6.53. The van der Waals surface area contributed by atoms with Crippen molar-refractivity contribution in [2.75, 3.05) is 7.11 Å². The van der Waals surface area contributed by atoms with Crippen molar-refractivity contribution >= 4 is 23.2 Å². The van der Waals surface area contributed by atoms with Gasteiger partial charge in [-0.3, -0.25) is 4.79 Å². The average molecular weight is 271 g/mol. The summed E-state index contributed by atoms with van der Waals surface area (Å²) in [5.41, 5.74) is 0. The first-order valence-electron chi connectivity index (χ1n) is 5.65. The van der Waals surface area contributed by atoms with Gasteiger partial charge >= 0.3 is 5.97 Å². The molecule has 0 aliphatic carbocycles. The van der Waals surface area contributed by atoms with Crippen LogP contribution in [0.4, 0.5) is 0 Å². The number of nitrogens with one attached hydrogen (secondary N) is 1. The van der Waals surface area contributed by atoms with Gasteiger partial charge in [0.1, 0.15) is 11.8 Å². The van der Waals surface area contributed by atoms with Crippen molar-refractivity contribution in [1.82, 2.24) is 5.32 Å². The van der Waals surface area contributed by atoms with Crippen molar-refractivity contribution in [2.45, 2.75) is 26.3 Å². The maximum Gasteiger partial charge on any atom is 0.326 e. The van der Waals surface area contributed by atoms with Crippen molar-refractivity contribution in [2.24, 2.45) is 5.92 Å². The number of carbonyl (C=O) groups excluding carboxylic acids is 1. The van der Waals surface area contributed by atoms with Gasteiger partial charge in [0.05, 0.1) is 12.0 Å². The number of ether oxygens (including phenoxy) is 1. The van der Waals surface area contributed by atoms with Gasteiger partial charge in [-0.1, -0.05) is 20.3 Å². The third-order valence-electron chi connectivity index (χ3n) is 2.80. The minimum absolute atomic E-state index is 0.117. The monoisotopic (exact) mass is 271 g/mol. The third kappa shape index (κ3) is 3.46. The summed E-state index contributed by atoms with van der Waals surface area (Å²) in [5, 5.41) is 13.3. The van der Waals surface area contributed by atoms with Crippen LogP contribution >= 0.6 is 11.3 Å². The Labute approximate surface area is 110 Å². The van der Waals surface area contributed by atoms with Crippen LogP contribution in [0.1, 0.15) is 29.9 Å². The summed E-state index contributed by atoms with van der Waals surface area (Å²) in [6, 6.07) is 0.728. The van der Waals surface area contributed by atoms with E-state index in [0.29, 0.717) is 17.0 Å². The van der Waals surface area contributed by atoms with Crippen molar-refractivity contribution in [3.8, 4) is 5.75 Å². The molecule has 100 valence electrons. The van der Waals surface area contributed by atoms with E-state index in [9.17, 15) is 9.59 Å². The minimum atomic E-state index is -1.01. The molecular weight excluding hydrogens is 254 g/mol. The lowest BCUT2D eigenvalue weighted by molar-refractivity contribution is -0.140. The molecule has 1 heterocycles. The lowest BCUT2D eigenvalue weighted by atomic mass is 9.99. The highest BCUT2D eigenvalue weighted by molar-refractivity contribution is 7.12. The highest BCUT2D eigenvalue weighted by Gasteiger charge is 2.26. The van der Waals surface area contributed by atoms with E-state index in [-0.39, 0.29) is 11.8 Å². The van der Waals surface area contributed by atoms with Crippen LogP contribution in [-0.4, -0.2) is 30.1 Å². The fourth-order valence-electron chi connectivity index (χ4n) is 1.44. The van der Waals surface area contributed by atoms with Crippen LogP contribution in [0.5, 0.6) is 5.75 Å². The summed E-state index contributed by atoms with van der Waals surface area (Å²) in [6.07, 6.45) is 0.686. The quantitative estimate of drug-likeness (QED) is 0.829. The molecule has 1 aromatic heterocycles. The van der Waals surface area contributed by atoms with E-state index in [4.69, 9.17) is 9.84 Å². The van der Waals surface area contributed by atoms with Gasteiger partial charge in [0.25, 0.3) is 5.91 Å². The maximum absolute atomic E-state index is 11.9. The van der Waals surface area contributed by atoms with Crippen LogP contribution in [0.25, 0.3) is 0 Å². The van der Waals surface area contributed by atoms with Gasteiger partial charge < -0.3 is 15.2 Å². The molecular formula is C12H17NO4S. The number of methoxy groups -OCH3 is 1. The summed E-state index contributed by atoms with van der Waals surface area (Å²) < 4.78 is 4.98. The molecule has 0 saturated carbocycles. The van der Waals surface area contributed by atoms with Gasteiger partial charge in [0.15, 0.2) is 0 Å². The highest BCUT2D eigenvalue weighted by atomic mass is 32.1. The van der Waals surface area contributed by atoms with Crippen LogP contribution in [0.3, 0.4) is 0 Å². The van der Waals surface area contributed by atoms with Crippen molar-refractivity contribution in [3.63, 3.8) is 0 Å². The molecule has 2 atom stereocenters. The van der Waals surface area contributed by atoms with Crippen molar-refractivity contribution in [3.05, 3.63) is 16.3 Å². The van der Waals surface area contributed by atoms with Gasteiger partial charge in [0, 0.05) is 11.4 Å². The van der Waals surface area contributed by atoms with Crippen LogP contribution < -0.4 is 10.1 Å². The molecule has 0 fully saturated rings. The maximum atomic E-state index is 11.9. The summed E-state index contributed by atoms with van der Waals surface area (Å²) in [7, 11) is 1.52. The van der Waals surface area contributed by atoms with E-state index >= 15 is 0 Å². The largest absolute Gasteiger partial charge is 0.496 e. The van der Waals surface area contributed by atoms with Crippen LogP contribution in [0.15, 0.2) is 11.4 Å². The molecule has 0 aromatic carbocycles. The zero-order chi connectivity index (χ0) is 13.7. The van der Waals surface area contributed by atoms with E-state index < -0.39 is 12.0 Å². The first kappa shape index (κ1) is 14.5. The van der Waals surface area contributed by atoms with E-state index in [2.05, 4.69) is 5.32 Å². The fraction of sp³-hybridized carbons (Fsp3) is 0.500. The summed E-state index contributed by atoms with van der Waals surface area (Å²) in [4.78, 5) is 23.4. The van der Waals surface area contributed by atoms with Crippen molar-refractivity contribution in [1.29, 1.82) is 0 Å². The Kier molecular flexibility index (Phi) is 5.15. The first-order chi connectivity index (χ1) is 8.49. The minimum Gasteiger partial charge on any atom is -0.496 e. The highest BCUT2D eigenvalue weighted by Crippen LogP contribution is 2.21. The molecule has 2 N–H and O–H groups in total. The average Bonchev–Trinajstić information content (AvgIpc) is 2.83. The Bertz CT molecular complexity index is 429. The number of hydrogen-bond acceptors (Lipinski definition) is 4. The number of carbonyl (C=O) groups is 2. The van der Waals surface area contributed by atoms with Gasteiger partial charge in [-0.05, 0) is 5.92 Å². The summed E-state index contributed by atoms with van der Waals surface area (Å²) in [5.74, 6) is -0.911. The summed E-state index contributed by atoms with van der Waals surface area (Å²) in [6.45, 7) is 3.69. The second-order valence-corrected chi connectivity index (χ2v) is 4.94. The Balaban J connectivity index is 2.75. The molecule has 0 aliphatic heterocycles. The van der Waals surface area contributed by atoms with Gasteiger partial charge in [-0.25, -0.2) is 4.79 Å². The molecule has 0 radical (unpaired) electrons. The Hall–Kier alpha value is -1.56. The van der Waals surface area contributed by atoms with E-state index in [0.717, 1.165) is 0 Å².